The predicted octanol–water partition coefficient (Wildman–Crippen LogP) is 5.56. The first-order valence-electron chi connectivity index (χ1n) is 8.31. The number of H-pyrrole nitrogens is 1. The topological polar surface area (TPSA) is 36.0 Å². The third-order valence-corrected chi connectivity index (χ3v) is 5.17. The molecule has 0 bridgehead atoms. The summed E-state index contributed by atoms with van der Waals surface area (Å²) in [5, 5.41) is 10.5. The van der Waals surface area contributed by atoms with Gasteiger partial charge in [-0.3, -0.25) is 0 Å². The molecule has 6 heteroatoms. The number of aromatic amines is 1. The van der Waals surface area contributed by atoms with Gasteiger partial charge < -0.3 is 10.1 Å². The molecule has 0 aliphatic carbocycles. The van der Waals surface area contributed by atoms with Crippen molar-refractivity contribution in [2.75, 3.05) is 12.9 Å². The Hall–Kier alpha value is -1.92. The molecule has 0 fully saturated rings. The summed E-state index contributed by atoms with van der Waals surface area (Å²) >= 11 is 1.73. The SMILES string of the molecule is CSCc1cccc2c(C(CCO)c3ccc(C(F)(F)F)cc3)c[nH]c12. The zero-order valence-corrected chi connectivity index (χ0v) is 15.1. The van der Waals surface area contributed by atoms with Crippen molar-refractivity contribution in [3.8, 4) is 0 Å². The summed E-state index contributed by atoms with van der Waals surface area (Å²) in [6.45, 7) is -0.0388. The number of para-hydroxylation sites is 1. The van der Waals surface area contributed by atoms with Crippen molar-refractivity contribution in [2.45, 2.75) is 24.3 Å². The van der Waals surface area contributed by atoms with Gasteiger partial charge in [-0.25, -0.2) is 0 Å². The molecule has 1 heterocycles. The van der Waals surface area contributed by atoms with Crippen LogP contribution in [0.15, 0.2) is 48.7 Å². The number of aliphatic hydroxyl groups is 1. The molecule has 0 amide bonds. The molecule has 0 spiro atoms. The van der Waals surface area contributed by atoms with Crippen LogP contribution in [0, 0.1) is 0 Å². The van der Waals surface area contributed by atoms with E-state index in [1.807, 2.05) is 24.6 Å². The fourth-order valence-corrected chi connectivity index (χ4v) is 3.89. The van der Waals surface area contributed by atoms with E-state index in [1.54, 1.807) is 11.8 Å². The van der Waals surface area contributed by atoms with Gasteiger partial charge in [-0.05, 0) is 41.5 Å². The second kappa shape index (κ2) is 7.76. The minimum absolute atomic E-state index is 0.0388. The molecule has 138 valence electrons. The lowest BCUT2D eigenvalue weighted by Crippen LogP contribution is -2.07. The molecular formula is C20H20F3NOS. The van der Waals surface area contributed by atoms with Gasteiger partial charge in [0.15, 0.2) is 0 Å². The van der Waals surface area contributed by atoms with Gasteiger partial charge in [-0.1, -0.05) is 30.3 Å². The largest absolute Gasteiger partial charge is 0.416 e. The van der Waals surface area contributed by atoms with Crippen LogP contribution >= 0.6 is 11.8 Å². The van der Waals surface area contributed by atoms with E-state index >= 15 is 0 Å². The number of fused-ring (bicyclic) bond motifs is 1. The standard InChI is InChI=1S/C20H20F3NOS/c1-26-12-14-3-2-4-17-18(11-24-19(14)17)16(9-10-25)13-5-7-15(8-6-13)20(21,22)23/h2-8,11,16,24-25H,9-10,12H2,1H3. The lowest BCUT2D eigenvalue weighted by molar-refractivity contribution is -0.137. The maximum atomic E-state index is 12.8. The Morgan fingerprint density at radius 1 is 1.12 bits per heavy atom. The van der Waals surface area contributed by atoms with Gasteiger partial charge in [-0.2, -0.15) is 24.9 Å². The average Bonchev–Trinajstić information content (AvgIpc) is 3.04. The lowest BCUT2D eigenvalue weighted by atomic mass is 9.88. The molecule has 1 atom stereocenters. The number of aromatic nitrogens is 1. The van der Waals surface area contributed by atoms with E-state index < -0.39 is 11.7 Å². The van der Waals surface area contributed by atoms with Crippen LogP contribution in [0.3, 0.4) is 0 Å². The first-order valence-corrected chi connectivity index (χ1v) is 9.71. The smallest absolute Gasteiger partial charge is 0.396 e. The number of rotatable bonds is 6. The molecule has 0 saturated carbocycles. The Morgan fingerprint density at radius 3 is 2.46 bits per heavy atom. The van der Waals surface area contributed by atoms with Crippen LogP contribution in [0.1, 0.15) is 34.6 Å². The van der Waals surface area contributed by atoms with Crippen LogP contribution < -0.4 is 0 Å². The van der Waals surface area contributed by atoms with E-state index in [1.165, 1.54) is 17.7 Å². The maximum Gasteiger partial charge on any atom is 0.416 e. The highest BCUT2D eigenvalue weighted by molar-refractivity contribution is 7.97. The first-order chi connectivity index (χ1) is 12.5. The number of hydrogen-bond donors (Lipinski definition) is 2. The Bertz CT molecular complexity index is 871. The van der Waals surface area contributed by atoms with E-state index in [0.29, 0.717) is 6.42 Å². The second-order valence-electron chi connectivity index (χ2n) is 6.20. The quantitative estimate of drug-likeness (QED) is 0.588. The molecule has 0 saturated heterocycles. The number of halogens is 3. The Kier molecular flexibility index (Phi) is 5.63. The molecule has 0 radical (unpaired) electrons. The number of hydrogen-bond acceptors (Lipinski definition) is 2. The number of alkyl halides is 3. The Balaban J connectivity index is 2.03. The average molecular weight is 379 g/mol. The predicted molar refractivity (Wildman–Crippen MR) is 101 cm³/mol. The van der Waals surface area contributed by atoms with E-state index in [-0.39, 0.29) is 12.5 Å². The minimum Gasteiger partial charge on any atom is -0.396 e. The highest BCUT2D eigenvalue weighted by Gasteiger charge is 2.30. The van der Waals surface area contributed by atoms with E-state index in [4.69, 9.17) is 0 Å². The summed E-state index contributed by atoms with van der Waals surface area (Å²) in [6, 6.07) is 11.3. The number of aliphatic hydroxyl groups excluding tert-OH is 1. The fraction of sp³-hybridized carbons (Fsp3) is 0.300. The van der Waals surface area contributed by atoms with E-state index in [2.05, 4.69) is 11.1 Å². The molecule has 2 N–H and O–H groups in total. The lowest BCUT2D eigenvalue weighted by Gasteiger charge is -2.17. The highest BCUT2D eigenvalue weighted by atomic mass is 32.2. The van der Waals surface area contributed by atoms with Crippen LogP contribution in [-0.4, -0.2) is 23.0 Å². The normalized spacial score (nSPS) is 13.3. The van der Waals surface area contributed by atoms with Crippen LogP contribution in [0.5, 0.6) is 0 Å². The first kappa shape index (κ1) is 18.9. The Labute approximate surface area is 154 Å². The molecule has 0 aliphatic rings. The van der Waals surface area contributed by atoms with Gasteiger partial charge in [0.2, 0.25) is 0 Å². The zero-order chi connectivity index (χ0) is 18.7. The van der Waals surface area contributed by atoms with Crippen molar-refractivity contribution in [1.82, 2.24) is 4.98 Å². The van der Waals surface area contributed by atoms with Gasteiger partial charge in [-0.15, -0.1) is 0 Å². The maximum absolute atomic E-state index is 12.8. The number of thioether (sulfide) groups is 1. The Morgan fingerprint density at radius 2 is 1.85 bits per heavy atom. The third kappa shape index (κ3) is 3.76. The fourth-order valence-electron chi connectivity index (χ4n) is 3.34. The number of nitrogens with one attached hydrogen (secondary N) is 1. The number of benzene rings is 2. The third-order valence-electron chi connectivity index (χ3n) is 4.57. The summed E-state index contributed by atoms with van der Waals surface area (Å²) in [5.74, 6) is 0.711. The van der Waals surface area contributed by atoms with Crippen molar-refractivity contribution >= 4 is 22.7 Å². The van der Waals surface area contributed by atoms with Gasteiger partial charge >= 0.3 is 6.18 Å². The summed E-state index contributed by atoms with van der Waals surface area (Å²) in [7, 11) is 0. The molecule has 1 aromatic heterocycles. The van der Waals surface area contributed by atoms with Crippen molar-refractivity contribution in [2.24, 2.45) is 0 Å². The summed E-state index contributed by atoms with van der Waals surface area (Å²) in [5.41, 5.74) is 3.34. The summed E-state index contributed by atoms with van der Waals surface area (Å²) in [6.07, 6.45) is 0.0511. The zero-order valence-electron chi connectivity index (χ0n) is 14.3. The minimum atomic E-state index is -4.35. The van der Waals surface area contributed by atoms with E-state index in [0.717, 1.165) is 39.9 Å². The monoisotopic (exact) mass is 379 g/mol. The van der Waals surface area contributed by atoms with Crippen molar-refractivity contribution in [3.05, 3.63) is 70.9 Å². The van der Waals surface area contributed by atoms with Crippen molar-refractivity contribution < 1.29 is 18.3 Å². The van der Waals surface area contributed by atoms with Crippen molar-refractivity contribution in [1.29, 1.82) is 0 Å². The molecule has 3 rings (SSSR count). The molecule has 3 aromatic rings. The highest BCUT2D eigenvalue weighted by Crippen LogP contribution is 2.36. The van der Waals surface area contributed by atoms with Crippen LogP contribution in [0.4, 0.5) is 13.2 Å². The summed E-state index contributed by atoms with van der Waals surface area (Å²) < 4.78 is 38.5. The van der Waals surface area contributed by atoms with Crippen molar-refractivity contribution in [3.63, 3.8) is 0 Å². The van der Waals surface area contributed by atoms with Crippen LogP contribution in [0.25, 0.3) is 10.9 Å². The molecule has 2 aromatic carbocycles. The van der Waals surface area contributed by atoms with Gasteiger partial charge in [0, 0.05) is 35.4 Å². The van der Waals surface area contributed by atoms with Gasteiger partial charge in [0.05, 0.1) is 5.56 Å². The van der Waals surface area contributed by atoms with Gasteiger partial charge in [0.25, 0.3) is 0 Å². The van der Waals surface area contributed by atoms with E-state index in [9.17, 15) is 18.3 Å². The van der Waals surface area contributed by atoms with Crippen LogP contribution in [-0.2, 0) is 11.9 Å². The molecule has 26 heavy (non-hydrogen) atoms. The van der Waals surface area contributed by atoms with Gasteiger partial charge in [0.1, 0.15) is 0 Å². The summed E-state index contributed by atoms with van der Waals surface area (Å²) in [4.78, 5) is 3.31. The molecule has 2 nitrogen and oxygen atoms in total. The molecular weight excluding hydrogens is 359 g/mol. The second-order valence-corrected chi connectivity index (χ2v) is 7.07. The molecule has 1 unspecified atom stereocenters. The molecule has 0 aliphatic heterocycles. The van der Waals surface area contributed by atoms with Crippen LogP contribution in [0.2, 0.25) is 0 Å².